The molecule has 3 aromatic rings. The Labute approximate surface area is 139 Å². The fraction of sp³-hybridized carbons (Fsp3) is 0.111. The quantitative estimate of drug-likeness (QED) is 0.707. The Bertz CT molecular complexity index is 893. The molecule has 23 heavy (non-hydrogen) atoms. The van der Waals surface area contributed by atoms with E-state index in [1.807, 2.05) is 37.3 Å². The Hall–Kier alpha value is -2.59. The fourth-order valence-electron chi connectivity index (χ4n) is 2.43. The molecular formula is C18H15ClN2O2. The molecule has 0 saturated heterocycles. The molecule has 2 aromatic carbocycles. The number of aryl methyl sites for hydroxylation is 1. The van der Waals surface area contributed by atoms with Gasteiger partial charge in [0.25, 0.3) is 0 Å². The minimum absolute atomic E-state index is 0.368. The van der Waals surface area contributed by atoms with Gasteiger partial charge in [-0.1, -0.05) is 17.7 Å². The Kier molecular flexibility index (Phi) is 4.17. The minimum atomic E-state index is -0.368. The zero-order chi connectivity index (χ0) is 16.4. The summed E-state index contributed by atoms with van der Waals surface area (Å²) in [7, 11) is 1.37. The summed E-state index contributed by atoms with van der Waals surface area (Å²) in [6, 6.07) is 14.7. The third kappa shape index (κ3) is 3.27. The van der Waals surface area contributed by atoms with Crippen LogP contribution in [-0.2, 0) is 4.74 Å². The van der Waals surface area contributed by atoms with E-state index in [9.17, 15) is 4.79 Å². The molecule has 0 saturated carbocycles. The summed E-state index contributed by atoms with van der Waals surface area (Å²) in [5, 5.41) is 4.90. The van der Waals surface area contributed by atoms with E-state index in [1.165, 1.54) is 7.11 Å². The number of methoxy groups -OCH3 is 1. The number of fused-ring (bicyclic) bond motifs is 1. The van der Waals surface area contributed by atoms with Crippen molar-refractivity contribution >= 4 is 39.8 Å². The first-order chi connectivity index (χ1) is 11.1. The highest BCUT2D eigenvalue weighted by Crippen LogP contribution is 2.29. The molecular weight excluding hydrogens is 312 g/mol. The van der Waals surface area contributed by atoms with Crippen LogP contribution in [0.15, 0.2) is 48.5 Å². The smallest absolute Gasteiger partial charge is 0.337 e. The highest BCUT2D eigenvalue weighted by atomic mass is 35.5. The number of carbonyl (C=O) groups excluding carboxylic acids is 1. The summed E-state index contributed by atoms with van der Waals surface area (Å²) in [6.45, 7) is 1.93. The number of hydrogen-bond acceptors (Lipinski definition) is 4. The van der Waals surface area contributed by atoms with Crippen LogP contribution in [0.4, 0.5) is 11.4 Å². The Balaban J connectivity index is 2.04. The van der Waals surface area contributed by atoms with Gasteiger partial charge in [-0.2, -0.15) is 0 Å². The molecule has 4 nitrogen and oxygen atoms in total. The van der Waals surface area contributed by atoms with Gasteiger partial charge in [-0.3, -0.25) is 4.98 Å². The number of nitrogens with one attached hydrogen (secondary N) is 1. The van der Waals surface area contributed by atoms with Crippen molar-refractivity contribution in [2.45, 2.75) is 6.92 Å². The lowest BCUT2D eigenvalue weighted by Gasteiger charge is -2.12. The molecule has 1 heterocycles. The predicted molar refractivity (Wildman–Crippen MR) is 92.6 cm³/mol. The number of hydrogen-bond donors (Lipinski definition) is 1. The van der Waals surface area contributed by atoms with Crippen LogP contribution >= 0.6 is 11.6 Å². The topological polar surface area (TPSA) is 51.2 Å². The van der Waals surface area contributed by atoms with E-state index in [0.717, 1.165) is 28.0 Å². The largest absolute Gasteiger partial charge is 0.465 e. The molecule has 0 aliphatic carbocycles. The molecule has 0 aliphatic rings. The molecule has 0 fully saturated rings. The number of aromatic nitrogens is 1. The maximum absolute atomic E-state index is 11.7. The second kappa shape index (κ2) is 6.26. The molecule has 0 atom stereocenters. The molecule has 0 aliphatic heterocycles. The van der Waals surface area contributed by atoms with E-state index < -0.39 is 0 Å². The molecule has 0 spiro atoms. The number of ether oxygens (including phenoxy) is 1. The van der Waals surface area contributed by atoms with Crippen molar-refractivity contribution in [1.82, 2.24) is 4.98 Å². The Morgan fingerprint density at radius 3 is 2.78 bits per heavy atom. The standard InChI is InChI=1S/C18H15ClN2O2/c1-11-8-17(15-10-13(19)6-7-16(15)20-11)21-14-5-3-4-12(9-14)18(22)23-2/h3-10H,1-2H3,(H,20,21). The van der Waals surface area contributed by atoms with Gasteiger partial charge in [0.2, 0.25) is 0 Å². The van der Waals surface area contributed by atoms with Gasteiger partial charge in [0, 0.05) is 27.5 Å². The van der Waals surface area contributed by atoms with Crippen molar-refractivity contribution in [3.63, 3.8) is 0 Å². The molecule has 0 bridgehead atoms. The minimum Gasteiger partial charge on any atom is -0.465 e. The van der Waals surface area contributed by atoms with Crippen LogP contribution in [-0.4, -0.2) is 18.1 Å². The maximum atomic E-state index is 11.7. The third-order valence-electron chi connectivity index (χ3n) is 3.46. The number of nitrogens with zero attached hydrogens (tertiary/aromatic N) is 1. The highest BCUT2D eigenvalue weighted by Gasteiger charge is 2.08. The number of halogens is 1. The average molecular weight is 327 g/mol. The number of pyridine rings is 1. The fourth-order valence-corrected chi connectivity index (χ4v) is 2.60. The molecule has 0 amide bonds. The molecule has 116 valence electrons. The molecule has 1 aromatic heterocycles. The number of esters is 1. The van der Waals surface area contributed by atoms with Gasteiger partial charge in [-0.05, 0) is 49.4 Å². The van der Waals surface area contributed by atoms with Gasteiger partial charge in [-0.15, -0.1) is 0 Å². The second-order valence-electron chi connectivity index (χ2n) is 5.17. The summed E-state index contributed by atoms with van der Waals surface area (Å²) in [5.74, 6) is -0.368. The lowest BCUT2D eigenvalue weighted by Crippen LogP contribution is -2.02. The van der Waals surface area contributed by atoms with E-state index in [0.29, 0.717) is 10.6 Å². The molecule has 0 radical (unpaired) electrons. The van der Waals surface area contributed by atoms with E-state index in [-0.39, 0.29) is 5.97 Å². The number of benzene rings is 2. The first kappa shape index (κ1) is 15.3. The lowest BCUT2D eigenvalue weighted by molar-refractivity contribution is 0.0601. The van der Waals surface area contributed by atoms with Crippen LogP contribution in [0, 0.1) is 6.92 Å². The van der Waals surface area contributed by atoms with Gasteiger partial charge in [0.1, 0.15) is 0 Å². The second-order valence-corrected chi connectivity index (χ2v) is 5.61. The van der Waals surface area contributed by atoms with Crippen LogP contribution in [0.3, 0.4) is 0 Å². The summed E-state index contributed by atoms with van der Waals surface area (Å²) >= 11 is 6.10. The Morgan fingerprint density at radius 2 is 2.00 bits per heavy atom. The Morgan fingerprint density at radius 1 is 1.17 bits per heavy atom. The SMILES string of the molecule is COC(=O)c1cccc(Nc2cc(C)nc3ccc(Cl)cc23)c1. The van der Waals surface area contributed by atoms with E-state index in [1.54, 1.807) is 18.2 Å². The lowest BCUT2D eigenvalue weighted by atomic mass is 10.1. The zero-order valence-electron chi connectivity index (χ0n) is 12.8. The third-order valence-corrected chi connectivity index (χ3v) is 3.70. The van der Waals surface area contributed by atoms with Crippen molar-refractivity contribution in [3.8, 4) is 0 Å². The summed E-state index contributed by atoms with van der Waals surface area (Å²) in [6.07, 6.45) is 0. The normalized spacial score (nSPS) is 10.6. The predicted octanol–water partition coefficient (Wildman–Crippen LogP) is 4.73. The average Bonchev–Trinajstić information content (AvgIpc) is 2.55. The van der Waals surface area contributed by atoms with Crippen LogP contribution in [0.1, 0.15) is 16.1 Å². The zero-order valence-corrected chi connectivity index (χ0v) is 13.5. The molecule has 5 heteroatoms. The van der Waals surface area contributed by atoms with Crippen molar-refractivity contribution in [2.75, 3.05) is 12.4 Å². The van der Waals surface area contributed by atoms with Crippen LogP contribution < -0.4 is 5.32 Å². The number of rotatable bonds is 3. The summed E-state index contributed by atoms with van der Waals surface area (Å²) < 4.78 is 4.75. The van der Waals surface area contributed by atoms with Gasteiger partial charge in [0.05, 0.1) is 18.2 Å². The van der Waals surface area contributed by atoms with Gasteiger partial charge in [0.15, 0.2) is 0 Å². The van der Waals surface area contributed by atoms with Gasteiger partial charge >= 0.3 is 5.97 Å². The first-order valence-electron chi connectivity index (χ1n) is 7.09. The van der Waals surface area contributed by atoms with Crippen molar-refractivity contribution in [1.29, 1.82) is 0 Å². The van der Waals surface area contributed by atoms with Gasteiger partial charge < -0.3 is 10.1 Å². The molecule has 1 N–H and O–H groups in total. The van der Waals surface area contributed by atoms with E-state index >= 15 is 0 Å². The first-order valence-corrected chi connectivity index (χ1v) is 7.47. The number of anilines is 2. The summed E-state index contributed by atoms with van der Waals surface area (Å²) in [4.78, 5) is 16.2. The van der Waals surface area contributed by atoms with Crippen LogP contribution in [0.25, 0.3) is 10.9 Å². The number of carbonyl (C=O) groups is 1. The van der Waals surface area contributed by atoms with Crippen molar-refractivity contribution in [2.24, 2.45) is 0 Å². The summed E-state index contributed by atoms with van der Waals surface area (Å²) in [5.41, 5.74) is 3.93. The molecule has 3 rings (SSSR count). The van der Waals surface area contributed by atoms with Crippen molar-refractivity contribution < 1.29 is 9.53 Å². The van der Waals surface area contributed by atoms with Crippen LogP contribution in [0.5, 0.6) is 0 Å². The van der Waals surface area contributed by atoms with E-state index in [4.69, 9.17) is 16.3 Å². The monoisotopic (exact) mass is 326 g/mol. The van der Waals surface area contributed by atoms with E-state index in [2.05, 4.69) is 10.3 Å². The maximum Gasteiger partial charge on any atom is 0.337 e. The van der Waals surface area contributed by atoms with Gasteiger partial charge in [-0.25, -0.2) is 4.79 Å². The van der Waals surface area contributed by atoms with Crippen LogP contribution in [0.2, 0.25) is 5.02 Å². The molecule has 0 unspecified atom stereocenters. The highest BCUT2D eigenvalue weighted by molar-refractivity contribution is 6.31. The van der Waals surface area contributed by atoms with Crippen molar-refractivity contribution in [3.05, 3.63) is 64.8 Å².